The zero-order valence-electron chi connectivity index (χ0n) is 11.7. The van der Waals surface area contributed by atoms with Gasteiger partial charge in [-0.3, -0.25) is 0 Å². The Kier molecular flexibility index (Phi) is 1.90. The van der Waals surface area contributed by atoms with Crippen LogP contribution in [0.3, 0.4) is 0 Å². The van der Waals surface area contributed by atoms with E-state index in [-0.39, 0.29) is 11.1 Å². The van der Waals surface area contributed by atoms with E-state index in [1.165, 1.54) is 70.6 Å². The lowest BCUT2D eigenvalue weighted by atomic mass is 9.66. The molecule has 0 atom stereocenters. The smallest absolute Gasteiger partial charge is 0.244 e. The van der Waals surface area contributed by atoms with Crippen molar-refractivity contribution in [1.29, 1.82) is 0 Å². The molecule has 6 rings (SSSR count). The van der Waals surface area contributed by atoms with Crippen LogP contribution in [0.5, 0.6) is 0 Å². The van der Waals surface area contributed by atoms with E-state index in [9.17, 15) is 4.79 Å². The van der Waals surface area contributed by atoms with Gasteiger partial charge in [-0.25, -0.2) is 14.8 Å². The molecule has 0 aromatic carbocycles. The number of hydrazine groups is 1. The second-order valence-electron chi connectivity index (χ2n) is 7.98. The first-order chi connectivity index (χ1) is 9.23. The molecule has 0 aromatic rings. The molecule has 3 heteroatoms. The first-order valence-electron chi connectivity index (χ1n) is 8.37. The fourth-order valence-electron chi connectivity index (χ4n) is 5.96. The molecule has 1 heterocycles. The number of amides is 2. The summed E-state index contributed by atoms with van der Waals surface area (Å²) in [7, 11) is 0. The summed E-state index contributed by atoms with van der Waals surface area (Å²) in [4.78, 5) is 12.5. The van der Waals surface area contributed by atoms with Crippen molar-refractivity contribution in [3.05, 3.63) is 0 Å². The summed E-state index contributed by atoms with van der Waals surface area (Å²) in [5.41, 5.74) is 0.520. The molecule has 1 aliphatic heterocycles. The van der Waals surface area contributed by atoms with Crippen molar-refractivity contribution in [2.24, 2.45) is 11.8 Å². The second kappa shape index (κ2) is 3.29. The van der Waals surface area contributed by atoms with Gasteiger partial charge < -0.3 is 0 Å². The SMILES string of the molecule is O=C1N(C23CCC(CC2)CC3)N1C12CCC(CC1)C2. The summed E-state index contributed by atoms with van der Waals surface area (Å²) < 4.78 is 0. The maximum atomic E-state index is 12.5. The van der Waals surface area contributed by atoms with Gasteiger partial charge in [0.15, 0.2) is 0 Å². The molecule has 5 saturated carbocycles. The Morgan fingerprint density at radius 3 is 1.74 bits per heavy atom. The molecule has 6 aliphatic rings. The van der Waals surface area contributed by atoms with Crippen LogP contribution in [-0.2, 0) is 0 Å². The van der Waals surface area contributed by atoms with Gasteiger partial charge in [-0.1, -0.05) is 0 Å². The molecular weight excluding hydrogens is 236 g/mol. The maximum absolute atomic E-state index is 12.5. The van der Waals surface area contributed by atoms with Crippen LogP contribution in [0.25, 0.3) is 0 Å². The van der Waals surface area contributed by atoms with Gasteiger partial charge in [0.05, 0.1) is 11.1 Å². The van der Waals surface area contributed by atoms with E-state index >= 15 is 0 Å². The second-order valence-corrected chi connectivity index (χ2v) is 7.98. The standard InChI is InChI=1S/C16H24N2O/c19-14-17(15-6-1-12(2-7-15)3-8-15)18(14)16-9-4-13(11-16)5-10-16/h12-13H,1-11H2. The number of nitrogens with zero attached hydrogens (tertiary/aromatic N) is 2. The summed E-state index contributed by atoms with van der Waals surface area (Å²) in [6, 6.07) is 0.378. The highest BCUT2D eigenvalue weighted by molar-refractivity contribution is 5.88. The predicted octanol–water partition coefficient (Wildman–Crippen LogP) is 3.69. The number of carbonyl (C=O) groups excluding carboxylic acids is 1. The first-order valence-corrected chi connectivity index (χ1v) is 8.37. The quantitative estimate of drug-likeness (QED) is 0.694. The van der Waals surface area contributed by atoms with Crippen molar-refractivity contribution in [2.45, 2.75) is 81.7 Å². The fourth-order valence-corrected chi connectivity index (χ4v) is 5.96. The molecule has 6 fully saturated rings. The van der Waals surface area contributed by atoms with Crippen molar-refractivity contribution >= 4 is 6.03 Å². The molecule has 0 unspecified atom stereocenters. The van der Waals surface area contributed by atoms with Gasteiger partial charge in [0.2, 0.25) is 0 Å². The van der Waals surface area contributed by atoms with Gasteiger partial charge in [-0.05, 0) is 82.5 Å². The van der Waals surface area contributed by atoms with E-state index in [1.54, 1.807) is 0 Å². The zero-order chi connectivity index (χ0) is 12.7. The van der Waals surface area contributed by atoms with Crippen molar-refractivity contribution in [2.75, 3.05) is 0 Å². The molecule has 19 heavy (non-hydrogen) atoms. The van der Waals surface area contributed by atoms with Crippen LogP contribution in [0.15, 0.2) is 0 Å². The number of hydrogen-bond donors (Lipinski definition) is 0. The van der Waals surface area contributed by atoms with Crippen LogP contribution in [-0.4, -0.2) is 27.1 Å². The number of hydrogen-bond acceptors (Lipinski definition) is 1. The minimum Gasteiger partial charge on any atom is -0.244 e. The van der Waals surface area contributed by atoms with Gasteiger partial charge in [-0.15, -0.1) is 0 Å². The van der Waals surface area contributed by atoms with Crippen LogP contribution in [0, 0.1) is 11.8 Å². The van der Waals surface area contributed by atoms with Crippen molar-refractivity contribution in [1.82, 2.24) is 10.0 Å². The lowest BCUT2D eigenvalue weighted by Crippen LogP contribution is -2.50. The van der Waals surface area contributed by atoms with E-state index < -0.39 is 0 Å². The van der Waals surface area contributed by atoms with E-state index in [2.05, 4.69) is 10.0 Å². The Bertz CT molecular complexity index is 416. The van der Waals surface area contributed by atoms with Crippen molar-refractivity contribution in [3.63, 3.8) is 0 Å². The van der Waals surface area contributed by atoms with Crippen LogP contribution in [0.4, 0.5) is 4.79 Å². The minimum absolute atomic E-state index is 0.251. The Morgan fingerprint density at radius 2 is 1.21 bits per heavy atom. The van der Waals surface area contributed by atoms with Crippen molar-refractivity contribution < 1.29 is 4.79 Å². The van der Waals surface area contributed by atoms with Gasteiger partial charge >= 0.3 is 6.03 Å². The highest BCUT2D eigenvalue weighted by Gasteiger charge is 2.67. The number of urea groups is 1. The number of rotatable bonds is 2. The fraction of sp³-hybridized carbons (Fsp3) is 0.938. The number of carbonyl (C=O) groups is 1. The van der Waals surface area contributed by atoms with E-state index in [1.807, 2.05) is 0 Å². The van der Waals surface area contributed by atoms with E-state index in [0.717, 1.165) is 11.8 Å². The third-order valence-corrected chi connectivity index (χ3v) is 7.18. The van der Waals surface area contributed by atoms with Gasteiger partial charge in [0.25, 0.3) is 0 Å². The van der Waals surface area contributed by atoms with Gasteiger partial charge in [0.1, 0.15) is 0 Å². The molecule has 104 valence electrons. The van der Waals surface area contributed by atoms with E-state index in [4.69, 9.17) is 0 Å². The lowest BCUT2D eigenvalue weighted by molar-refractivity contribution is -0.0139. The average molecular weight is 260 g/mol. The first kappa shape index (κ1) is 11.0. The van der Waals surface area contributed by atoms with E-state index in [0.29, 0.717) is 6.03 Å². The zero-order valence-corrected chi connectivity index (χ0v) is 11.7. The Hall–Kier alpha value is -0.730. The third kappa shape index (κ3) is 1.27. The Labute approximate surface area is 115 Å². The molecular formula is C16H24N2O. The molecule has 0 N–H and O–H groups in total. The van der Waals surface area contributed by atoms with Crippen molar-refractivity contribution in [3.8, 4) is 0 Å². The topological polar surface area (TPSA) is 23.1 Å². The highest BCUT2D eigenvalue weighted by Crippen LogP contribution is 2.59. The normalized spacial score (nSPS) is 51.3. The summed E-state index contributed by atoms with van der Waals surface area (Å²) in [5.74, 6) is 1.90. The maximum Gasteiger partial charge on any atom is 0.358 e. The molecule has 1 saturated heterocycles. The molecule has 5 aliphatic carbocycles. The molecule has 0 aromatic heterocycles. The summed E-state index contributed by atoms with van der Waals surface area (Å²) in [6.45, 7) is 0. The number of fused-ring (bicyclic) bond motifs is 5. The molecule has 4 bridgehead atoms. The van der Waals surface area contributed by atoms with Crippen LogP contribution in [0.2, 0.25) is 0 Å². The minimum atomic E-state index is 0.251. The van der Waals surface area contributed by atoms with Crippen LogP contribution in [0.1, 0.15) is 70.6 Å². The lowest BCUT2D eigenvalue weighted by Gasteiger charge is -2.47. The van der Waals surface area contributed by atoms with Crippen LogP contribution >= 0.6 is 0 Å². The monoisotopic (exact) mass is 260 g/mol. The Balaban J connectivity index is 1.44. The highest BCUT2D eigenvalue weighted by atomic mass is 16.2. The van der Waals surface area contributed by atoms with Gasteiger partial charge in [0, 0.05) is 0 Å². The average Bonchev–Trinajstić information content (AvgIpc) is 2.86. The molecule has 2 amide bonds. The Morgan fingerprint density at radius 1 is 0.737 bits per heavy atom. The summed E-state index contributed by atoms with van der Waals surface area (Å²) >= 11 is 0. The predicted molar refractivity (Wildman–Crippen MR) is 72.3 cm³/mol. The molecule has 0 spiro atoms. The molecule has 3 nitrogen and oxygen atoms in total. The molecule has 0 radical (unpaired) electrons. The summed E-state index contributed by atoms with van der Waals surface area (Å²) in [6.07, 6.45) is 14.5. The van der Waals surface area contributed by atoms with Gasteiger partial charge in [-0.2, -0.15) is 0 Å². The largest absolute Gasteiger partial charge is 0.358 e. The van der Waals surface area contributed by atoms with Crippen LogP contribution < -0.4 is 0 Å². The third-order valence-electron chi connectivity index (χ3n) is 7.18. The summed E-state index contributed by atoms with van der Waals surface area (Å²) in [5, 5.41) is 4.49.